The molecule has 0 aliphatic rings. The van der Waals surface area contributed by atoms with Crippen LogP contribution in [0.1, 0.15) is 102 Å². The Morgan fingerprint density at radius 2 is 1.69 bits per heavy atom. The Labute approximate surface area is 161 Å². The van der Waals surface area contributed by atoms with Crippen LogP contribution < -0.4 is 4.57 Å². The van der Waals surface area contributed by atoms with Crippen LogP contribution in [0.4, 0.5) is 4.39 Å². The van der Waals surface area contributed by atoms with Crippen molar-refractivity contribution in [1.82, 2.24) is 0 Å². The lowest BCUT2D eigenvalue weighted by Crippen LogP contribution is -2.39. The topological polar surface area (TPSA) is 3.88 Å². The maximum atomic E-state index is 14.7. The molecule has 1 nitrogen and oxygen atoms in total. The molecule has 1 heterocycles. The van der Waals surface area contributed by atoms with E-state index >= 15 is 0 Å². The van der Waals surface area contributed by atoms with E-state index in [4.69, 9.17) is 0 Å². The highest BCUT2D eigenvalue weighted by Crippen LogP contribution is 2.32. The number of nitrogens with zero attached hydrogens (tertiary/aromatic N) is 1. The van der Waals surface area contributed by atoms with Crippen molar-refractivity contribution in [2.75, 3.05) is 0 Å². The van der Waals surface area contributed by atoms with E-state index in [1.165, 1.54) is 36.9 Å². The Hall–Kier alpha value is -1.18. The maximum absolute atomic E-state index is 14.7. The fraction of sp³-hybridized carbons (Fsp3) is 0.708. The smallest absolute Gasteiger partial charge is 0.187 e. The highest BCUT2D eigenvalue weighted by Gasteiger charge is 2.26. The molecule has 1 aromatic heterocycles. The van der Waals surface area contributed by atoms with Gasteiger partial charge in [0.2, 0.25) is 0 Å². The van der Waals surface area contributed by atoms with Gasteiger partial charge in [-0.25, -0.2) is 8.96 Å². The molecular weight excluding hydrogens is 321 g/mol. The Balaban J connectivity index is 3.11. The summed E-state index contributed by atoms with van der Waals surface area (Å²) in [6.45, 7) is 15.5. The molecule has 1 rings (SSSR count). The zero-order valence-corrected chi connectivity index (χ0v) is 18.4. The van der Waals surface area contributed by atoms with Crippen LogP contribution in [0.3, 0.4) is 0 Å². The van der Waals surface area contributed by atoms with Crippen LogP contribution in [-0.2, 0) is 13.5 Å². The lowest BCUT2D eigenvalue weighted by atomic mass is 9.82. The lowest BCUT2D eigenvalue weighted by Gasteiger charge is -2.23. The van der Waals surface area contributed by atoms with Gasteiger partial charge >= 0.3 is 0 Å². The van der Waals surface area contributed by atoms with E-state index in [9.17, 15) is 4.39 Å². The van der Waals surface area contributed by atoms with Crippen LogP contribution in [0.5, 0.6) is 0 Å². The third-order valence-corrected chi connectivity index (χ3v) is 6.40. The van der Waals surface area contributed by atoms with Gasteiger partial charge in [0.25, 0.3) is 0 Å². The van der Waals surface area contributed by atoms with Gasteiger partial charge in [-0.15, -0.1) is 0 Å². The van der Waals surface area contributed by atoms with Gasteiger partial charge in [0.05, 0.1) is 5.56 Å². The van der Waals surface area contributed by atoms with Crippen molar-refractivity contribution in [1.29, 1.82) is 0 Å². The zero-order chi connectivity index (χ0) is 19.9. The highest BCUT2D eigenvalue weighted by molar-refractivity contribution is 5.32. The van der Waals surface area contributed by atoms with Crippen molar-refractivity contribution in [2.45, 2.75) is 92.7 Å². The molecule has 0 saturated heterocycles. The molecule has 26 heavy (non-hydrogen) atoms. The molecule has 0 saturated carbocycles. The minimum absolute atomic E-state index is 0.459. The van der Waals surface area contributed by atoms with Gasteiger partial charge in [-0.2, -0.15) is 0 Å². The van der Waals surface area contributed by atoms with Gasteiger partial charge in [0.1, 0.15) is 13.2 Å². The van der Waals surface area contributed by atoms with E-state index in [1.54, 1.807) is 6.08 Å². The summed E-state index contributed by atoms with van der Waals surface area (Å²) in [5.74, 6) is 2.04. The second kappa shape index (κ2) is 10.8. The summed E-state index contributed by atoms with van der Waals surface area (Å²) in [5, 5.41) is 0. The minimum Gasteiger partial charge on any atom is -0.237 e. The van der Waals surface area contributed by atoms with Crippen molar-refractivity contribution < 1.29 is 8.96 Å². The molecule has 1 aromatic rings. The zero-order valence-electron chi connectivity index (χ0n) is 18.4. The molecule has 3 atom stereocenters. The van der Waals surface area contributed by atoms with Gasteiger partial charge in [0.15, 0.2) is 11.4 Å². The first-order valence-corrected chi connectivity index (χ1v) is 10.6. The third-order valence-electron chi connectivity index (χ3n) is 6.40. The van der Waals surface area contributed by atoms with Crippen LogP contribution in [0, 0.1) is 18.8 Å². The van der Waals surface area contributed by atoms with Crippen LogP contribution in [0.25, 0.3) is 0 Å². The number of alkyl halides is 1. The van der Waals surface area contributed by atoms with Gasteiger partial charge < -0.3 is 0 Å². The van der Waals surface area contributed by atoms with Crippen LogP contribution in [0.15, 0.2) is 18.2 Å². The first-order valence-electron chi connectivity index (χ1n) is 10.6. The number of rotatable bonds is 10. The molecule has 3 unspecified atom stereocenters. The van der Waals surface area contributed by atoms with Crippen molar-refractivity contribution in [3.05, 3.63) is 40.7 Å². The number of hydrogen-bond acceptors (Lipinski definition) is 0. The van der Waals surface area contributed by atoms with E-state index in [0.717, 1.165) is 29.5 Å². The predicted octanol–water partition coefficient (Wildman–Crippen LogP) is 6.92. The molecule has 0 N–H and O–H groups in total. The van der Waals surface area contributed by atoms with E-state index in [-0.39, 0.29) is 0 Å². The molecule has 148 valence electrons. The Morgan fingerprint density at radius 3 is 2.19 bits per heavy atom. The Bertz CT molecular complexity index is 586. The molecule has 0 radical (unpaired) electrons. The molecule has 0 amide bonds. The summed E-state index contributed by atoms with van der Waals surface area (Å²) in [6.07, 6.45) is 8.25. The summed E-state index contributed by atoms with van der Waals surface area (Å²) in [5.41, 5.74) is 4.53. The second-order valence-electron chi connectivity index (χ2n) is 7.96. The number of allylic oxidation sites excluding steroid dienone is 2. The van der Waals surface area contributed by atoms with Gasteiger partial charge in [-0.1, -0.05) is 59.6 Å². The Kier molecular flexibility index (Phi) is 9.54. The average Bonchev–Trinajstić information content (AvgIpc) is 2.62. The molecule has 0 aliphatic carbocycles. The first-order chi connectivity index (χ1) is 12.3. The first kappa shape index (κ1) is 22.9. The number of hydrogen-bond donors (Lipinski definition) is 0. The molecule has 0 aromatic carbocycles. The standard InChI is InChI=1S/C24H41FN/c1-9-13-23(25)22-16-21(19(7)26(8)24(22)12-4)18(6)15-14-17(5)20(10-2)11-3/h9,13,16-18,20,23H,10-12,14-15H2,1-8H3/q+1. The number of pyridine rings is 1. The third kappa shape index (κ3) is 5.41. The van der Waals surface area contributed by atoms with E-state index < -0.39 is 6.17 Å². The van der Waals surface area contributed by atoms with Crippen LogP contribution in [0.2, 0.25) is 0 Å². The maximum Gasteiger partial charge on any atom is 0.187 e. The summed E-state index contributed by atoms with van der Waals surface area (Å²) in [4.78, 5) is 0. The van der Waals surface area contributed by atoms with E-state index in [1.807, 2.05) is 13.0 Å². The van der Waals surface area contributed by atoms with Gasteiger partial charge in [0, 0.05) is 18.9 Å². The predicted molar refractivity (Wildman–Crippen MR) is 111 cm³/mol. The largest absolute Gasteiger partial charge is 0.237 e. The summed E-state index contributed by atoms with van der Waals surface area (Å²) >= 11 is 0. The molecule has 0 aliphatic heterocycles. The molecule has 0 bridgehead atoms. The summed E-state index contributed by atoms with van der Waals surface area (Å²) in [7, 11) is 2.09. The fourth-order valence-electron chi connectivity index (χ4n) is 4.39. The van der Waals surface area contributed by atoms with Gasteiger partial charge in [-0.3, -0.25) is 0 Å². The van der Waals surface area contributed by atoms with Crippen molar-refractivity contribution >= 4 is 0 Å². The van der Waals surface area contributed by atoms with E-state index in [2.05, 4.69) is 59.2 Å². The van der Waals surface area contributed by atoms with Crippen molar-refractivity contribution in [3.63, 3.8) is 0 Å². The summed E-state index contributed by atoms with van der Waals surface area (Å²) < 4.78 is 17.0. The normalized spacial score (nSPS) is 15.6. The monoisotopic (exact) mass is 362 g/mol. The second-order valence-corrected chi connectivity index (χ2v) is 7.96. The highest BCUT2D eigenvalue weighted by atomic mass is 19.1. The van der Waals surface area contributed by atoms with E-state index in [0.29, 0.717) is 5.92 Å². The SMILES string of the molecule is CC=CC(F)c1cc(C(C)CCC(C)C(CC)CC)c(C)[n+](C)c1CC. The van der Waals surface area contributed by atoms with Gasteiger partial charge in [-0.05, 0) is 43.6 Å². The fourth-order valence-corrected chi connectivity index (χ4v) is 4.39. The van der Waals surface area contributed by atoms with Crippen molar-refractivity contribution in [3.8, 4) is 0 Å². The van der Waals surface area contributed by atoms with Crippen LogP contribution in [-0.4, -0.2) is 0 Å². The molecule has 0 fully saturated rings. The summed E-state index contributed by atoms with van der Waals surface area (Å²) in [6, 6.07) is 2.14. The molecule has 0 spiro atoms. The molecule has 2 heteroatoms. The quantitative estimate of drug-likeness (QED) is 0.314. The lowest BCUT2D eigenvalue weighted by molar-refractivity contribution is -0.686. The minimum atomic E-state index is -1.02. The number of halogens is 1. The average molecular weight is 363 g/mol. The number of aromatic nitrogens is 1. The van der Waals surface area contributed by atoms with Crippen LogP contribution >= 0.6 is 0 Å². The molecular formula is C24H41FN+. The van der Waals surface area contributed by atoms with Crippen molar-refractivity contribution in [2.24, 2.45) is 18.9 Å². The Morgan fingerprint density at radius 1 is 1.08 bits per heavy atom.